The maximum absolute atomic E-state index is 13.8. The Labute approximate surface area is 380 Å². The molecule has 0 saturated carbocycles. The number of halogens is 2. The maximum atomic E-state index is 13.8. The molecule has 1 atom stereocenters. The van der Waals surface area contributed by atoms with E-state index in [0.717, 1.165) is 4.90 Å². The number of hydrogen-bond donors (Lipinski definition) is 3. The van der Waals surface area contributed by atoms with Crippen molar-refractivity contribution in [3.63, 3.8) is 0 Å². The van der Waals surface area contributed by atoms with Crippen LogP contribution >= 0.6 is 0 Å². The van der Waals surface area contributed by atoms with Crippen LogP contribution in [0.15, 0.2) is 84.9 Å². The smallest absolute Gasteiger partial charge is 0.264 e. The lowest BCUT2D eigenvalue weighted by atomic mass is 10.0. The Morgan fingerprint density at radius 1 is 0.716 bits per heavy atom. The summed E-state index contributed by atoms with van der Waals surface area (Å²) in [6, 6.07) is 19.7. The molecule has 20 heteroatoms. The van der Waals surface area contributed by atoms with Gasteiger partial charge < -0.3 is 29.9 Å². The predicted molar refractivity (Wildman–Crippen MR) is 234 cm³/mol. The maximum Gasteiger partial charge on any atom is 0.264 e. The molecular weight excluding hydrogens is 875 g/mol. The van der Waals surface area contributed by atoms with Crippen LogP contribution in [-0.2, 0) is 33.4 Å². The number of fused-ring (bicyclic) bond motifs is 2. The van der Waals surface area contributed by atoms with Gasteiger partial charge in [0.2, 0.25) is 29.5 Å². The van der Waals surface area contributed by atoms with Crippen molar-refractivity contribution in [1.29, 1.82) is 0 Å². The fourth-order valence-electron chi connectivity index (χ4n) is 7.92. The first-order chi connectivity index (χ1) is 32.3. The second-order valence-corrected chi connectivity index (χ2v) is 15.7. The highest BCUT2D eigenvalue weighted by Crippen LogP contribution is 2.34. The summed E-state index contributed by atoms with van der Waals surface area (Å²) in [6.45, 7) is 0.492. The molecule has 3 aliphatic heterocycles. The molecule has 0 bridgehead atoms. The van der Waals surface area contributed by atoms with Gasteiger partial charge in [-0.3, -0.25) is 48.6 Å². The Balaban J connectivity index is 0.734. The van der Waals surface area contributed by atoms with Crippen LogP contribution in [-0.4, -0.2) is 137 Å². The molecular formula is C47H42F2N8O10. The van der Waals surface area contributed by atoms with Crippen molar-refractivity contribution in [3.8, 4) is 22.5 Å². The number of piperazine rings is 1. The predicted octanol–water partition coefficient (Wildman–Crippen LogP) is 3.11. The number of piperidine rings is 1. The summed E-state index contributed by atoms with van der Waals surface area (Å²) in [7, 11) is 0. The van der Waals surface area contributed by atoms with Crippen LogP contribution in [0.1, 0.15) is 50.3 Å². The van der Waals surface area contributed by atoms with E-state index in [9.17, 15) is 47.1 Å². The highest BCUT2D eigenvalue weighted by Gasteiger charge is 2.45. The third-order valence-corrected chi connectivity index (χ3v) is 11.3. The summed E-state index contributed by atoms with van der Waals surface area (Å²) >= 11 is 0. The lowest BCUT2D eigenvalue weighted by molar-refractivity contribution is -0.136. The fourth-order valence-corrected chi connectivity index (χ4v) is 7.92. The second kappa shape index (κ2) is 20.1. The molecule has 3 aliphatic rings. The Bertz CT molecular complexity index is 2800. The van der Waals surface area contributed by atoms with Crippen molar-refractivity contribution in [1.82, 2.24) is 35.3 Å². The van der Waals surface area contributed by atoms with Crippen molar-refractivity contribution in [2.75, 3.05) is 64.5 Å². The Morgan fingerprint density at radius 2 is 1.36 bits per heavy atom. The molecule has 5 aromatic rings. The van der Waals surface area contributed by atoms with E-state index in [1.807, 2.05) is 0 Å². The average molecular weight is 917 g/mol. The zero-order valence-electron chi connectivity index (χ0n) is 35.7. The molecule has 0 radical (unpaired) electrons. The number of carbonyl (C=O) groups excluding carboxylic acids is 8. The molecule has 0 spiro atoms. The number of nitrogens with one attached hydrogen (secondary N) is 3. The van der Waals surface area contributed by atoms with Crippen LogP contribution in [0.4, 0.5) is 14.5 Å². The molecule has 8 amide bonds. The van der Waals surface area contributed by atoms with Crippen molar-refractivity contribution >= 4 is 64.0 Å². The molecule has 3 N–H and O–H groups in total. The van der Waals surface area contributed by atoms with Gasteiger partial charge in [0.25, 0.3) is 17.7 Å². The number of amides is 8. The molecule has 1 unspecified atom stereocenters. The number of rotatable bonds is 15. The zero-order chi connectivity index (χ0) is 47.2. The first-order valence-corrected chi connectivity index (χ1v) is 21.3. The molecule has 1 aromatic heterocycles. The topological polar surface area (TPSA) is 227 Å². The minimum atomic E-state index is -1.17. The number of imide groups is 2. The summed E-state index contributed by atoms with van der Waals surface area (Å²) in [4.78, 5) is 115. The number of ether oxygens (including phenoxy) is 2. The number of aromatic nitrogens is 2. The van der Waals surface area contributed by atoms with E-state index in [0.29, 0.717) is 65.3 Å². The Hall–Kier alpha value is -7.84. The van der Waals surface area contributed by atoms with Crippen molar-refractivity contribution in [2.45, 2.75) is 25.3 Å². The quantitative estimate of drug-likeness (QED) is 0.102. The van der Waals surface area contributed by atoms with Crippen molar-refractivity contribution in [3.05, 3.63) is 113 Å². The molecule has 0 aliphatic carbocycles. The summed E-state index contributed by atoms with van der Waals surface area (Å²) in [6.07, 6.45) is 0.0230. The molecule has 4 aromatic carbocycles. The van der Waals surface area contributed by atoms with E-state index in [4.69, 9.17) is 19.4 Å². The summed E-state index contributed by atoms with van der Waals surface area (Å²) < 4.78 is 38.3. The highest BCUT2D eigenvalue weighted by atomic mass is 19.1. The minimum Gasteiger partial charge on any atom is -0.379 e. The number of carbonyl (C=O) groups is 8. The summed E-state index contributed by atoms with van der Waals surface area (Å²) in [5.74, 6) is -5.25. The lowest BCUT2D eigenvalue weighted by Gasteiger charge is -2.35. The van der Waals surface area contributed by atoms with Crippen molar-refractivity contribution < 1.29 is 56.6 Å². The standard InChI is InChI=1S/C47H42F2N8O10/c48-30-9-4-27(5-10-30)42-43(28-6-11-31(49)12-7-28)53-35-24-29(8-13-33(35)52-42)45(63)56-20-18-55(19-21-56)40(61)16-22-66-23-17-50-38(59)25-67-26-39(60)51-34-3-1-2-32-41(34)47(65)57(46(32)64)36-14-15-37(58)54-44(36)62/h1-13,24,36H,14-23,25-26H2,(H,50,59)(H,51,60)(H,54,58,62). The van der Waals surface area contributed by atoms with Crippen LogP contribution in [0.5, 0.6) is 0 Å². The fraction of sp³-hybridized carbons (Fsp3) is 0.277. The van der Waals surface area contributed by atoms with Gasteiger partial charge in [0.15, 0.2) is 0 Å². The Morgan fingerprint density at radius 3 is 2.03 bits per heavy atom. The van der Waals surface area contributed by atoms with Gasteiger partial charge in [-0.15, -0.1) is 0 Å². The van der Waals surface area contributed by atoms with Crippen molar-refractivity contribution in [2.24, 2.45) is 0 Å². The summed E-state index contributed by atoms with van der Waals surface area (Å²) in [5, 5.41) is 7.21. The van der Waals surface area contributed by atoms with Crippen LogP contribution in [0, 0.1) is 11.6 Å². The lowest BCUT2D eigenvalue weighted by Crippen LogP contribution is -2.54. The third kappa shape index (κ3) is 10.3. The van der Waals surface area contributed by atoms with Gasteiger partial charge in [0, 0.05) is 55.8 Å². The molecule has 8 rings (SSSR count). The van der Waals surface area contributed by atoms with E-state index in [-0.39, 0.29) is 67.6 Å². The zero-order valence-corrected chi connectivity index (χ0v) is 35.7. The van der Waals surface area contributed by atoms with Gasteiger partial charge in [-0.1, -0.05) is 6.07 Å². The second-order valence-electron chi connectivity index (χ2n) is 15.7. The number of nitrogens with zero attached hydrogens (tertiary/aromatic N) is 5. The van der Waals surface area contributed by atoms with Gasteiger partial charge in [-0.05, 0) is 85.3 Å². The number of hydrogen-bond acceptors (Lipinski definition) is 12. The van der Waals surface area contributed by atoms with Gasteiger partial charge >= 0.3 is 0 Å². The normalized spacial score (nSPS) is 16.0. The minimum absolute atomic E-state index is 0.0102. The molecule has 4 heterocycles. The van der Waals surface area contributed by atoms with Crippen LogP contribution in [0.25, 0.3) is 33.5 Å². The van der Waals surface area contributed by atoms with Gasteiger partial charge in [0.1, 0.15) is 30.9 Å². The highest BCUT2D eigenvalue weighted by molar-refractivity contribution is 6.26. The number of benzene rings is 4. The average Bonchev–Trinajstić information content (AvgIpc) is 3.58. The van der Waals surface area contributed by atoms with Crippen LogP contribution < -0.4 is 16.0 Å². The van der Waals surface area contributed by atoms with Crippen LogP contribution in [0.3, 0.4) is 0 Å². The van der Waals surface area contributed by atoms with E-state index in [2.05, 4.69) is 16.0 Å². The molecule has 67 heavy (non-hydrogen) atoms. The molecule has 2 fully saturated rings. The van der Waals surface area contributed by atoms with Gasteiger partial charge in [-0.25, -0.2) is 18.7 Å². The SMILES string of the molecule is O=C(COCC(=O)Nc1cccc2c1C(=O)N(C1CCC(=O)NC1=O)C2=O)NCCOCCC(=O)N1CCN(C(=O)c2ccc3nc(-c4ccc(F)cc4)c(-c4ccc(F)cc4)nc3c2)CC1. The first kappa shape index (κ1) is 45.7. The monoisotopic (exact) mass is 916 g/mol. The largest absolute Gasteiger partial charge is 0.379 e. The summed E-state index contributed by atoms with van der Waals surface area (Å²) in [5.41, 5.74) is 3.36. The molecule has 18 nitrogen and oxygen atoms in total. The van der Waals surface area contributed by atoms with Crippen LogP contribution in [0.2, 0.25) is 0 Å². The molecule has 2 saturated heterocycles. The van der Waals surface area contributed by atoms with Gasteiger partial charge in [0.05, 0.1) is 58.9 Å². The third-order valence-electron chi connectivity index (χ3n) is 11.3. The van der Waals surface area contributed by atoms with E-state index in [1.165, 1.54) is 42.5 Å². The van der Waals surface area contributed by atoms with E-state index < -0.39 is 66.3 Å². The number of anilines is 1. The van der Waals surface area contributed by atoms with E-state index >= 15 is 0 Å². The van der Waals surface area contributed by atoms with E-state index in [1.54, 1.807) is 52.3 Å². The molecule has 344 valence electrons. The first-order valence-electron chi connectivity index (χ1n) is 21.3. The van der Waals surface area contributed by atoms with Gasteiger partial charge in [-0.2, -0.15) is 0 Å². The Kier molecular flexibility index (Phi) is 13.7.